The lowest BCUT2D eigenvalue weighted by Gasteiger charge is -2.39. The van der Waals surface area contributed by atoms with Gasteiger partial charge in [-0.05, 0) is 51.2 Å². The van der Waals surface area contributed by atoms with E-state index in [2.05, 4.69) is 13.8 Å². The second kappa shape index (κ2) is 5.53. The SMILES string of the molecule is CC1=C(C)C[C@@]2(CS(=O)c3ccccc3)C(=O)CC[C@@H]2C1. The normalized spacial score (nSPS) is 30.4. The third-order valence-electron chi connectivity index (χ3n) is 5.31. The molecule has 1 saturated carbocycles. The van der Waals surface area contributed by atoms with Gasteiger partial charge in [-0.15, -0.1) is 0 Å². The van der Waals surface area contributed by atoms with Crippen molar-refractivity contribution in [2.24, 2.45) is 11.3 Å². The Morgan fingerprint density at radius 2 is 1.90 bits per heavy atom. The summed E-state index contributed by atoms with van der Waals surface area (Å²) in [7, 11) is -1.09. The van der Waals surface area contributed by atoms with E-state index in [0.29, 0.717) is 23.9 Å². The summed E-state index contributed by atoms with van der Waals surface area (Å²) in [5.41, 5.74) is 2.38. The number of ketones is 1. The second-order valence-corrected chi connectivity index (χ2v) is 8.01. The molecule has 2 aliphatic carbocycles. The third kappa shape index (κ3) is 2.52. The van der Waals surface area contributed by atoms with Gasteiger partial charge in [0.05, 0.1) is 10.8 Å². The maximum atomic E-state index is 12.7. The Labute approximate surface area is 129 Å². The molecule has 112 valence electrons. The number of allylic oxidation sites excluding steroid dienone is 2. The van der Waals surface area contributed by atoms with Crippen LogP contribution in [0.3, 0.4) is 0 Å². The fraction of sp³-hybridized carbons (Fsp3) is 0.500. The first kappa shape index (κ1) is 14.7. The monoisotopic (exact) mass is 302 g/mol. The van der Waals surface area contributed by atoms with Crippen LogP contribution in [0, 0.1) is 11.3 Å². The number of rotatable bonds is 3. The molecule has 0 saturated heterocycles. The van der Waals surface area contributed by atoms with Gasteiger partial charge >= 0.3 is 0 Å². The Hall–Kier alpha value is -1.22. The number of carbonyl (C=O) groups excluding carboxylic acids is 1. The zero-order valence-corrected chi connectivity index (χ0v) is 13.5. The van der Waals surface area contributed by atoms with Crippen molar-refractivity contribution in [1.82, 2.24) is 0 Å². The van der Waals surface area contributed by atoms with E-state index in [1.54, 1.807) is 0 Å². The van der Waals surface area contributed by atoms with E-state index in [9.17, 15) is 9.00 Å². The van der Waals surface area contributed by atoms with E-state index in [1.807, 2.05) is 30.3 Å². The van der Waals surface area contributed by atoms with Crippen LogP contribution in [0.1, 0.15) is 39.5 Å². The van der Waals surface area contributed by atoms with Crippen molar-refractivity contribution in [1.29, 1.82) is 0 Å². The molecule has 0 amide bonds. The van der Waals surface area contributed by atoms with E-state index in [0.717, 1.165) is 24.2 Å². The minimum Gasteiger partial charge on any atom is -0.299 e. The smallest absolute Gasteiger partial charge is 0.140 e. The van der Waals surface area contributed by atoms with Crippen molar-refractivity contribution in [2.75, 3.05) is 5.75 Å². The number of fused-ring (bicyclic) bond motifs is 1. The minimum atomic E-state index is -1.09. The molecule has 3 rings (SSSR count). The van der Waals surface area contributed by atoms with Crippen molar-refractivity contribution in [2.45, 2.75) is 44.4 Å². The average molecular weight is 302 g/mol. The van der Waals surface area contributed by atoms with Gasteiger partial charge in [-0.2, -0.15) is 0 Å². The highest BCUT2D eigenvalue weighted by molar-refractivity contribution is 7.85. The number of hydrogen-bond acceptors (Lipinski definition) is 2. The highest BCUT2D eigenvalue weighted by Crippen LogP contribution is 2.52. The van der Waals surface area contributed by atoms with Crippen LogP contribution >= 0.6 is 0 Å². The predicted molar refractivity (Wildman–Crippen MR) is 85.5 cm³/mol. The lowest BCUT2D eigenvalue weighted by atomic mass is 9.67. The first-order valence-corrected chi connectivity index (χ1v) is 8.97. The van der Waals surface area contributed by atoms with Gasteiger partial charge in [-0.3, -0.25) is 9.00 Å². The molecule has 2 aliphatic rings. The van der Waals surface area contributed by atoms with Crippen molar-refractivity contribution < 1.29 is 9.00 Å². The first-order chi connectivity index (χ1) is 10.0. The van der Waals surface area contributed by atoms with Crippen LogP contribution in [0.25, 0.3) is 0 Å². The van der Waals surface area contributed by atoms with Crippen LogP contribution in [-0.4, -0.2) is 15.7 Å². The second-order valence-electron chi connectivity index (χ2n) is 6.56. The fourth-order valence-electron chi connectivity index (χ4n) is 3.91. The molecule has 0 aliphatic heterocycles. The van der Waals surface area contributed by atoms with E-state index < -0.39 is 10.8 Å². The number of Topliss-reactive ketones (excluding diaryl/α,β-unsaturated/α-hetero) is 1. The zero-order valence-electron chi connectivity index (χ0n) is 12.7. The maximum absolute atomic E-state index is 12.7. The van der Waals surface area contributed by atoms with Gasteiger partial charge in [-0.25, -0.2) is 0 Å². The summed E-state index contributed by atoms with van der Waals surface area (Å²) in [4.78, 5) is 13.4. The van der Waals surface area contributed by atoms with E-state index in [1.165, 1.54) is 11.1 Å². The standard InChI is InChI=1S/C18H22O2S/c1-13-10-15-8-9-17(19)18(15,11-14(13)2)12-21(20)16-6-4-3-5-7-16/h3-7,15H,8-12H2,1-2H3/t15-,18+,21?/m1/s1. The average Bonchev–Trinajstić information content (AvgIpc) is 2.77. The molecule has 0 radical (unpaired) electrons. The molecule has 1 unspecified atom stereocenters. The lowest BCUT2D eigenvalue weighted by molar-refractivity contribution is -0.126. The quantitative estimate of drug-likeness (QED) is 0.794. The van der Waals surface area contributed by atoms with Crippen molar-refractivity contribution >= 4 is 16.6 Å². The summed E-state index contributed by atoms with van der Waals surface area (Å²) >= 11 is 0. The van der Waals surface area contributed by atoms with Gasteiger partial charge < -0.3 is 0 Å². The van der Waals surface area contributed by atoms with Gasteiger partial charge in [-0.1, -0.05) is 29.3 Å². The molecule has 0 N–H and O–H groups in total. The maximum Gasteiger partial charge on any atom is 0.140 e. The van der Waals surface area contributed by atoms with E-state index >= 15 is 0 Å². The molecule has 21 heavy (non-hydrogen) atoms. The highest BCUT2D eigenvalue weighted by atomic mass is 32.2. The molecule has 0 spiro atoms. The van der Waals surface area contributed by atoms with Gasteiger partial charge in [0.1, 0.15) is 5.78 Å². The van der Waals surface area contributed by atoms with E-state index in [-0.39, 0.29) is 5.41 Å². The summed E-state index contributed by atoms with van der Waals surface area (Å²) in [6.45, 7) is 4.31. The number of carbonyl (C=O) groups is 1. The molecule has 3 atom stereocenters. The van der Waals surface area contributed by atoms with Crippen LogP contribution in [-0.2, 0) is 15.6 Å². The summed E-state index contributed by atoms with van der Waals surface area (Å²) < 4.78 is 12.7. The molecule has 1 aromatic carbocycles. The molecule has 2 nitrogen and oxygen atoms in total. The van der Waals surface area contributed by atoms with E-state index in [4.69, 9.17) is 0 Å². The summed E-state index contributed by atoms with van der Waals surface area (Å²) in [5.74, 6) is 1.22. The van der Waals surface area contributed by atoms with Crippen molar-refractivity contribution in [3.8, 4) is 0 Å². The molecule has 1 fully saturated rings. The predicted octanol–water partition coefficient (Wildman–Crippen LogP) is 3.89. The molecule has 0 heterocycles. The van der Waals surface area contributed by atoms with Gasteiger partial charge in [0, 0.05) is 22.5 Å². The van der Waals surface area contributed by atoms with Crippen LogP contribution < -0.4 is 0 Å². The van der Waals surface area contributed by atoms with Crippen LogP contribution in [0.4, 0.5) is 0 Å². The minimum absolute atomic E-state index is 0.337. The highest BCUT2D eigenvalue weighted by Gasteiger charge is 2.52. The Morgan fingerprint density at radius 1 is 1.19 bits per heavy atom. The molecule has 1 aromatic rings. The summed E-state index contributed by atoms with van der Waals surface area (Å²) in [6.07, 6.45) is 3.44. The molecular formula is C18H22O2S. The molecule has 3 heteroatoms. The Bertz CT molecular complexity index is 617. The van der Waals surface area contributed by atoms with Crippen molar-refractivity contribution in [3.05, 3.63) is 41.5 Å². The summed E-state index contributed by atoms with van der Waals surface area (Å²) in [6, 6.07) is 9.55. The van der Waals surface area contributed by atoms with Crippen LogP contribution in [0.5, 0.6) is 0 Å². The summed E-state index contributed by atoms with van der Waals surface area (Å²) in [5, 5.41) is 0. The number of hydrogen-bond donors (Lipinski definition) is 0. The number of benzene rings is 1. The molecule has 0 aromatic heterocycles. The third-order valence-corrected chi connectivity index (χ3v) is 6.89. The Morgan fingerprint density at radius 3 is 2.62 bits per heavy atom. The van der Waals surface area contributed by atoms with Gasteiger partial charge in [0.25, 0.3) is 0 Å². The van der Waals surface area contributed by atoms with Gasteiger partial charge in [0.2, 0.25) is 0 Å². The molecular weight excluding hydrogens is 280 g/mol. The lowest BCUT2D eigenvalue weighted by Crippen LogP contribution is -2.40. The molecule has 0 bridgehead atoms. The Balaban J connectivity index is 1.91. The zero-order chi connectivity index (χ0) is 15.0. The first-order valence-electron chi connectivity index (χ1n) is 7.65. The topological polar surface area (TPSA) is 34.1 Å². The Kier molecular flexibility index (Phi) is 3.87. The largest absolute Gasteiger partial charge is 0.299 e. The van der Waals surface area contributed by atoms with Gasteiger partial charge in [0.15, 0.2) is 0 Å². The van der Waals surface area contributed by atoms with Crippen LogP contribution in [0.2, 0.25) is 0 Å². The fourth-order valence-corrected chi connectivity index (χ4v) is 5.50. The van der Waals surface area contributed by atoms with Crippen molar-refractivity contribution in [3.63, 3.8) is 0 Å². The van der Waals surface area contributed by atoms with Crippen LogP contribution in [0.15, 0.2) is 46.4 Å².